The van der Waals surface area contributed by atoms with E-state index in [1.54, 1.807) is 80.2 Å². The van der Waals surface area contributed by atoms with Crippen LogP contribution in [0.5, 0.6) is 5.75 Å². The van der Waals surface area contributed by atoms with Crippen LogP contribution < -0.4 is 19.8 Å². The summed E-state index contributed by atoms with van der Waals surface area (Å²) in [5.74, 6) is -2.94. The average molecular weight is 754 g/mol. The molecule has 2 N–H and O–H groups in total. The first-order valence-electron chi connectivity index (χ1n) is 17.5. The predicted molar refractivity (Wildman–Crippen MR) is 196 cm³/mol. The van der Waals surface area contributed by atoms with E-state index in [4.69, 9.17) is 14.2 Å². The van der Waals surface area contributed by atoms with Crippen molar-refractivity contribution < 1.29 is 38.2 Å². The standard InChI is InChI=1S/C39H35N3O9S2/c1-3-49-37(46)19-9-13-21(14-10-19)40-27(43)18-51-26-8-6-5-7-23(26)28-29-24-17-25(32(29)52-34-33(28)53-39(48)41-34)31-30(24)35(44)42(36(31)45)22-15-11-20(12-16-22)38(47)50-4-2/h5-16,24-25,28-32H,3-4,17-18H2,1-2H3,(H,40,43)(H,41,48)/t24-,25-,28-,29?,30?,31?,32?/m1/s1. The van der Waals surface area contributed by atoms with Gasteiger partial charge in [-0.3, -0.25) is 24.1 Å². The molecular formula is C39H35N3O9S2. The third-order valence-electron chi connectivity index (χ3n) is 10.7. The zero-order valence-electron chi connectivity index (χ0n) is 28.7. The molecule has 53 heavy (non-hydrogen) atoms. The summed E-state index contributed by atoms with van der Waals surface area (Å²) in [5, 5.41) is 3.51. The fraction of sp³-hybridized carbons (Fsp3) is 0.333. The molecule has 3 amide bonds. The maximum absolute atomic E-state index is 14.2. The SMILES string of the molecule is CCOC(=O)c1ccc(NC(=O)COc2ccccc2[C@H]2c3sc(=O)[nH]c3SC3C2[C@H]2C[C@@H]3C3C(=O)N(c4ccc(C(=O)OCC)cc4)C(=O)C32)cc1. The Morgan fingerprint density at radius 3 is 2.11 bits per heavy atom. The number of aromatic amines is 1. The molecule has 3 fully saturated rings. The number of esters is 2. The Morgan fingerprint density at radius 2 is 1.45 bits per heavy atom. The molecule has 7 atom stereocenters. The number of carbonyl (C=O) groups is 5. The Labute approximate surface area is 312 Å². The summed E-state index contributed by atoms with van der Waals surface area (Å²) in [6.45, 7) is 3.65. The highest BCUT2D eigenvalue weighted by Crippen LogP contribution is 2.69. The Bertz CT molecular complexity index is 2180. The van der Waals surface area contributed by atoms with E-state index in [-0.39, 0.29) is 65.4 Å². The summed E-state index contributed by atoms with van der Waals surface area (Å²) in [4.78, 5) is 83.3. The first kappa shape index (κ1) is 34.9. The number of hydrogen-bond donors (Lipinski definition) is 2. The number of rotatable bonds is 10. The number of carbonyl (C=O) groups excluding carboxylic acids is 5. The zero-order valence-corrected chi connectivity index (χ0v) is 30.4. The van der Waals surface area contributed by atoms with Gasteiger partial charge in [-0.2, -0.15) is 0 Å². The minimum atomic E-state index is -0.520. The van der Waals surface area contributed by atoms with Crippen molar-refractivity contribution in [2.75, 3.05) is 30.0 Å². The molecule has 2 aliphatic heterocycles. The Hall–Kier alpha value is -5.21. The van der Waals surface area contributed by atoms with Crippen LogP contribution in [0.25, 0.3) is 0 Å². The van der Waals surface area contributed by atoms with Crippen LogP contribution in [0, 0.1) is 29.6 Å². The van der Waals surface area contributed by atoms with E-state index in [2.05, 4.69) is 10.3 Å². The van der Waals surface area contributed by atoms with Crippen LogP contribution in [-0.4, -0.2) is 59.7 Å². The molecule has 3 aromatic carbocycles. The van der Waals surface area contributed by atoms with E-state index in [0.29, 0.717) is 34.7 Å². The molecule has 8 rings (SSSR count). The summed E-state index contributed by atoms with van der Waals surface area (Å²) in [6, 6.07) is 20.2. The molecular weight excluding hydrogens is 719 g/mol. The van der Waals surface area contributed by atoms with Crippen LogP contribution in [0.1, 0.15) is 57.3 Å². The number of para-hydroxylation sites is 1. The van der Waals surface area contributed by atoms with E-state index < -0.39 is 29.7 Å². The maximum Gasteiger partial charge on any atom is 0.338 e. The van der Waals surface area contributed by atoms with Crippen molar-refractivity contribution in [1.29, 1.82) is 0 Å². The molecule has 4 aromatic rings. The van der Waals surface area contributed by atoms with Crippen molar-refractivity contribution in [2.45, 2.75) is 36.5 Å². The van der Waals surface area contributed by atoms with Gasteiger partial charge in [0.05, 0.1) is 46.9 Å². The van der Waals surface area contributed by atoms with Crippen LogP contribution in [0.4, 0.5) is 11.4 Å². The van der Waals surface area contributed by atoms with E-state index in [1.807, 2.05) is 18.2 Å². The zero-order chi connectivity index (χ0) is 37.0. The van der Waals surface area contributed by atoms with Gasteiger partial charge >= 0.3 is 16.8 Å². The van der Waals surface area contributed by atoms with Crippen LogP contribution >= 0.6 is 23.1 Å². The average Bonchev–Trinajstić information content (AvgIpc) is 3.90. The highest BCUT2D eigenvalue weighted by molar-refractivity contribution is 8.00. The summed E-state index contributed by atoms with van der Waals surface area (Å²) in [5.41, 5.74) is 2.43. The number of nitrogens with one attached hydrogen (secondary N) is 2. The summed E-state index contributed by atoms with van der Waals surface area (Å²) >= 11 is 2.73. The lowest BCUT2D eigenvalue weighted by Crippen LogP contribution is -2.42. The van der Waals surface area contributed by atoms with Crippen LogP contribution in [0.15, 0.2) is 82.6 Å². The van der Waals surface area contributed by atoms with Crippen molar-refractivity contribution >= 4 is 64.1 Å². The summed E-state index contributed by atoms with van der Waals surface area (Å²) in [7, 11) is 0. The second kappa shape index (κ2) is 14.0. The minimum absolute atomic E-state index is 0.0409. The normalized spacial score (nSPS) is 25.0. The maximum atomic E-state index is 14.2. The van der Waals surface area contributed by atoms with Gasteiger partial charge in [0, 0.05) is 27.3 Å². The number of fused-ring (bicyclic) bond motifs is 9. The highest BCUT2D eigenvalue weighted by atomic mass is 32.2. The molecule has 12 nitrogen and oxygen atoms in total. The summed E-state index contributed by atoms with van der Waals surface area (Å²) < 4.78 is 16.3. The van der Waals surface area contributed by atoms with Gasteiger partial charge in [0.1, 0.15) is 5.75 Å². The molecule has 2 saturated carbocycles. The molecule has 4 unspecified atom stereocenters. The fourth-order valence-corrected chi connectivity index (χ4v) is 11.6. The first-order valence-corrected chi connectivity index (χ1v) is 19.2. The molecule has 0 spiro atoms. The second-order valence-corrected chi connectivity index (χ2v) is 15.6. The second-order valence-electron chi connectivity index (χ2n) is 13.4. The number of amides is 3. The third-order valence-corrected chi connectivity index (χ3v) is 13.2. The Morgan fingerprint density at radius 1 is 0.830 bits per heavy atom. The molecule has 0 radical (unpaired) electrons. The molecule has 3 heterocycles. The monoisotopic (exact) mass is 753 g/mol. The number of aromatic nitrogens is 1. The number of benzene rings is 3. The van der Waals surface area contributed by atoms with Crippen LogP contribution in [-0.2, 0) is 23.9 Å². The molecule has 272 valence electrons. The van der Waals surface area contributed by atoms with Gasteiger partial charge in [0.2, 0.25) is 11.8 Å². The van der Waals surface area contributed by atoms with Gasteiger partial charge in [0.15, 0.2) is 6.61 Å². The smallest absolute Gasteiger partial charge is 0.338 e. The van der Waals surface area contributed by atoms with Crippen LogP contribution in [0.3, 0.4) is 0 Å². The van der Waals surface area contributed by atoms with Gasteiger partial charge < -0.3 is 24.5 Å². The van der Waals surface area contributed by atoms with Crippen molar-refractivity contribution in [2.24, 2.45) is 29.6 Å². The van der Waals surface area contributed by atoms with Gasteiger partial charge in [0.25, 0.3) is 5.91 Å². The molecule has 2 bridgehead atoms. The fourth-order valence-electron chi connectivity index (χ4n) is 8.69. The number of ether oxygens (including phenoxy) is 3. The van der Waals surface area contributed by atoms with Crippen LogP contribution in [0.2, 0.25) is 0 Å². The Kier molecular flexibility index (Phi) is 9.19. The largest absolute Gasteiger partial charge is 0.483 e. The summed E-state index contributed by atoms with van der Waals surface area (Å²) in [6.07, 6.45) is 0.709. The van der Waals surface area contributed by atoms with E-state index >= 15 is 0 Å². The first-order chi connectivity index (χ1) is 25.7. The van der Waals surface area contributed by atoms with Gasteiger partial charge in [-0.05, 0) is 92.6 Å². The van der Waals surface area contributed by atoms with E-state index in [0.717, 1.165) is 26.8 Å². The van der Waals surface area contributed by atoms with Crippen molar-refractivity contribution in [1.82, 2.24) is 4.98 Å². The van der Waals surface area contributed by atoms with Gasteiger partial charge in [-0.15, -0.1) is 11.8 Å². The number of nitrogens with zero attached hydrogens (tertiary/aromatic N) is 1. The van der Waals surface area contributed by atoms with E-state index in [9.17, 15) is 28.8 Å². The minimum Gasteiger partial charge on any atom is -0.483 e. The van der Waals surface area contributed by atoms with Crippen molar-refractivity contribution in [3.63, 3.8) is 0 Å². The van der Waals surface area contributed by atoms with Gasteiger partial charge in [-0.25, -0.2) is 9.59 Å². The quantitative estimate of drug-likeness (QED) is 0.157. The number of H-pyrrole nitrogens is 1. The molecule has 2 aliphatic carbocycles. The third kappa shape index (κ3) is 6.03. The van der Waals surface area contributed by atoms with Crippen molar-refractivity contribution in [3.05, 3.63) is 104 Å². The molecule has 1 saturated heterocycles. The lowest BCUT2D eigenvalue weighted by Gasteiger charge is -2.43. The number of thiazole rings is 1. The number of imide groups is 1. The number of anilines is 2. The van der Waals surface area contributed by atoms with E-state index in [1.165, 1.54) is 4.90 Å². The Balaban J connectivity index is 1.05. The topological polar surface area (TPSA) is 161 Å². The highest BCUT2D eigenvalue weighted by Gasteiger charge is 2.69. The predicted octanol–water partition coefficient (Wildman–Crippen LogP) is 5.49. The number of thioether (sulfide) groups is 1. The molecule has 1 aromatic heterocycles. The molecule has 4 aliphatic rings. The lowest BCUT2D eigenvalue weighted by atomic mass is 9.68. The van der Waals surface area contributed by atoms with Gasteiger partial charge in [-0.1, -0.05) is 29.5 Å². The lowest BCUT2D eigenvalue weighted by molar-refractivity contribution is -0.123. The molecule has 14 heteroatoms. The van der Waals surface area contributed by atoms with Crippen molar-refractivity contribution in [3.8, 4) is 5.75 Å². The number of hydrogen-bond acceptors (Lipinski definition) is 11.